The van der Waals surface area contributed by atoms with Gasteiger partial charge in [-0.05, 0) is 38.1 Å². The zero-order valence-corrected chi connectivity index (χ0v) is 14.2. The summed E-state index contributed by atoms with van der Waals surface area (Å²) in [4.78, 5) is 0.296. The van der Waals surface area contributed by atoms with Crippen LogP contribution in [0, 0.1) is 0 Å². The van der Waals surface area contributed by atoms with E-state index < -0.39 is 15.4 Å². The van der Waals surface area contributed by atoms with Crippen LogP contribution in [-0.2, 0) is 21.9 Å². The van der Waals surface area contributed by atoms with Crippen molar-refractivity contribution in [3.8, 4) is 0 Å². The third kappa shape index (κ3) is 4.12. The molecule has 6 nitrogen and oxygen atoms in total. The first kappa shape index (κ1) is 16.1. The Bertz CT molecular complexity index is 717. The average molecular weight is 373 g/mol. The van der Waals surface area contributed by atoms with E-state index in [1.165, 1.54) is 4.68 Å². The Hall–Kier alpha value is -1.25. The average Bonchev–Trinajstić information content (AvgIpc) is 2.86. The normalized spacial score (nSPS) is 12.6. The third-order valence-electron chi connectivity index (χ3n) is 2.96. The number of benzene rings is 1. The molecule has 1 aromatic heterocycles. The molecule has 0 aliphatic rings. The third-order valence-corrected chi connectivity index (χ3v) is 5.20. The second kappa shape index (κ2) is 5.86. The molecule has 2 N–H and O–H groups in total. The van der Waals surface area contributed by atoms with Gasteiger partial charge in [0, 0.05) is 4.47 Å². The minimum Gasteiger partial charge on any atom is -0.320 e. The Labute approximate surface area is 132 Å². The van der Waals surface area contributed by atoms with Crippen LogP contribution in [0.4, 0.5) is 0 Å². The number of hydrogen-bond acceptors (Lipinski definition) is 5. The molecule has 2 aromatic rings. The van der Waals surface area contributed by atoms with Crippen molar-refractivity contribution in [2.75, 3.05) is 5.75 Å². The van der Waals surface area contributed by atoms with Crippen molar-refractivity contribution in [1.29, 1.82) is 0 Å². The fraction of sp³-hybridized carbons (Fsp3) is 0.385. The Morgan fingerprint density at radius 3 is 2.43 bits per heavy atom. The monoisotopic (exact) mass is 372 g/mol. The first-order valence-electron chi connectivity index (χ1n) is 6.36. The molecule has 2 rings (SSSR count). The summed E-state index contributed by atoms with van der Waals surface area (Å²) in [5, 5.41) is 7.87. The van der Waals surface area contributed by atoms with E-state index in [1.54, 1.807) is 30.5 Å². The van der Waals surface area contributed by atoms with Crippen LogP contribution in [0.15, 0.2) is 39.8 Å². The molecule has 0 unspecified atom stereocenters. The second-order valence-electron chi connectivity index (χ2n) is 5.36. The van der Waals surface area contributed by atoms with E-state index in [0.717, 1.165) is 4.47 Å². The van der Waals surface area contributed by atoms with Crippen LogP contribution in [0.3, 0.4) is 0 Å². The predicted molar refractivity (Wildman–Crippen MR) is 83.4 cm³/mol. The van der Waals surface area contributed by atoms with Gasteiger partial charge in [0.05, 0.1) is 28.9 Å². The van der Waals surface area contributed by atoms with Gasteiger partial charge in [-0.3, -0.25) is 4.68 Å². The highest BCUT2D eigenvalue weighted by atomic mass is 79.9. The highest BCUT2D eigenvalue weighted by Crippen LogP contribution is 2.17. The maximum absolute atomic E-state index is 12.2. The molecular formula is C13H17BrN4O2S. The Morgan fingerprint density at radius 2 is 1.90 bits per heavy atom. The quantitative estimate of drug-likeness (QED) is 0.862. The molecule has 0 spiro atoms. The fourth-order valence-electron chi connectivity index (χ4n) is 1.68. The van der Waals surface area contributed by atoms with Crippen molar-refractivity contribution in [3.63, 3.8) is 0 Å². The summed E-state index contributed by atoms with van der Waals surface area (Å²) in [6.07, 6.45) is 1.68. The molecule has 0 fully saturated rings. The lowest BCUT2D eigenvalue weighted by Crippen LogP contribution is -2.29. The molecule has 0 amide bonds. The summed E-state index contributed by atoms with van der Waals surface area (Å²) in [5.41, 5.74) is 5.95. The van der Waals surface area contributed by atoms with Crippen molar-refractivity contribution < 1.29 is 8.42 Å². The number of aryl methyl sites for hydroxylation is 1. The number of halogens is 1. The van der Waals surface area contributed by atoms with Crippen LogP contribution in [0.1, 0.15) is 19.5 Å². The van der Waals surface area contributed by atoms with Crippen LogP contribution >= 0.6 is 15.9 Å². The standard InChI is InChI=1S/C13H17BrN4O2S/c1-13(2,15)12-9-18(17-16-12)7-8-21(19,20)11-5-3-10(14)4-6-11/h3-6,9H,7-8,15H2,1-2H3. The van der Waals surface area contributed by atoms with E-state index in [0.29, 0.717) is 10.6 Å². The van der Waals surface area contributed by atoms with E-state index in [2.05, 4.69) is 26.2 Å². The maximum atomic E-state index is 12.2. The van der Waals surface area contributed by atoms with E-state index in [9.17, 15) is 8.42 Å². The molecule has 0 saturated heterocycles. The van der Waals surface area contributed by atoms with Gasteiger partial charge in [-0.25, -0.2) is 8.42 Å². The van der Waals surface area contributed by atoms with E-state index in [1.807, 2.05) is 13.8 Å². The molecule has 0 atom stereocenters. The number of aromatic nitrogens is 3. The maximum Gasteiger partial charge on any atom is 0.180 e. The highest BCUT2D eigenvalue weighted by molar-refractivity contribution is 9.10. The molecule has 0 saturated carbocycles. The van der Waals surface area contributed by atoms with Gasteiger partial charge in [-0.15, -0.1) is 5.10 Å². The topological polar surface area (TPSA) is 90.9 Å². The Kier molecular flexibility index (Phi) is 4.50. The molecule has 114 valence electrons. The zero-order valence-electron chi connectivity index (χ0n) is 11.8. The molecule has 0 radical (unpaired) electrons. The van der Waals surface area contributed by atoms with Crippen molar-refractivity contribution in [1.82, 2.24) is 15.0 Å². The van der Waals surface area contributed by atoms with Crippen LogP contribution in [-0.4, -0.2) is 29.2 Å². The number of hydrogen-bond donors (Lipinski definition) is 1. The molecule has 1 heterocycles. The molecule has 21 heavy (non-hydrogen) atoms. The molecule has 1 aromatic carbocycles. The van der Waals surface area contributed by atoms with Gasteiger partial charge in [0.15, 0.2) is 9.84 Å². The largest absolute Gasteiger partial charge is 0.320 e. The summed E-state index contributed by atoms with van der Waals surface area (Å²) < 4.78 is 26.8. The van der Waals surface area contributed by atoms with Crippen LogP contribution in [0.5, 0.6) is 0 Å². The number of sulfone groups is 1. The van der Waals surface area contributed by atoms with Crippen molar-refractivity contribution in [2.24, 2.45) is 5.73 Å². The minimum atomic E-state index is -3.34. The van der Waals surface area contributed by atoms with Crippen LogP contribution in [0.25, 0.3) is 0 Å². The first-order chi connectivity index (χ1) is 9.68. The summed E-state index contributed by atoms with van der Waals surface area (Å²) >= 11 is 3.28. The number of nitrogens with zero attached hydrogens (tertiary/aromatic N) is 3. The van der Waals surface area contributed by atoms with Gasteiger partial charge in [0.1, 0.15) is 5.69 Å². The van der Waals surface area contributed by atoms with Gasteiger partial charge >= 0.3 is 0 Å². The Balaban J connectivity index is 2.08. The van der Waals surface area contributed by atoms with Crippen molar-refractivity contribution in [3.05, 3.63) is 40.6 Å². The fourth-order valence-corrected chi connectivity index (χ4v) is 3.15. The summed E-state index contributed by atoms with van der Waals surface area (Å²) in [6.45, 7) is 3.88. The minimum absolute atomic E-state index is 0.0393. The lowest BCUT2D eigenvalue weighted by Gasteiger charge is -2.13. The lowest BCUT2D eigenvalue weighted by atomic mass is 10.0. The summed E-state index contributed by atoms with van der Waals surface area (Å²) in [7, 11) is -3.34. The Morgan fingerprint density at radius 1 is 1.29 bits per heavy atom. The highest BCUT2D eigenvalue weighted by Gasteiger charge is 2.19. The van der Waals surface area contributed by atoms with Crippen LogP contribution < -0.4 is 5.73 Å². The molecule has 0 bridgehead atoms. The number of rotatable bonds is 5. The summed E-state index contributed by atoms with van der Waals surface area (Å²) in [6, 6.07) is 6.57. The molecule has 0 aliphatic carbocycles. The zero-order chi connectivity index (χ0) is 15.7. The van der Waals surface area contributed by atoms with E-state index >= 15 is 0 Å². The lowest BCUT2D eigenvalue weighted by molar-refractivity contribution is 0.533. The van der Waals surface area contributed by atoms with E-state index in [4.69, 9.17) is 5.73 Å². The van der Waals surface area contributed by atoms with Crippen molar-refractivity contribution >= 4 is 25.8 Å². The molecular weight excluding hydrogens is 356 g/mol. The van der Waals surface area contributed by atoms with Gasteiger partial charge in [-0.2, -0.15) is 0 Å². The second-order valence-corrected chi connectivity index (χ2v) is 8.39. The van der Waals surface area contributed by atoms with Gasteiger partial charge < -0.3 is 5.73 Å². The number of nitrogens with two attached hydrogens (primary N) is 1. The van der Waals surface area contributed by atoms with Crippen molar-refractivity contribution in [2.45, 2.75) is 30.8 Å². The van der Waals surface area contributed by atoms with Gasteiger partial charge in [0.25, 0.3) is 0 Å². The van der Waals surface area contributed by atoms with Gasteiger partial charge in [-0.1, -0.05) is 21.1 Å². The summed E-state index contributed by atoms with van der Waals surface area (Å²) in [5.74, 6) is -0.0393. The van der Waals surface area contributed by atoms with Crippen LogP contribution in [0.2, 0.25) is 0 Å². The SMILES string of the molecule is CC(C)(N)c1cn(CCS(=O)(=O)c2ccc(Br)cc2)nn1. The molecule has 0 aliphatic heterocycles. The smallest absolute Gasteiger partial charge is 0.180 e. The van der Waals surface area contributed by atoms with E-state index in [-0.39, 0.29) is 12.3 Å². The van der Waals surface area contributed by atoms with Gasteiger partial charge in [0.2, 0.25) is 0 Å². The molecule has 8 heteroatoms. The predicted octanol–water partition coefficient (Wildman–Crippen LogP) is 1.71. The first-order valence-corrected chi connectivity index (χ1v) is 8.81.